The molecule has 20 heavy (non-hydrogen) atoms. The van der Waals surface area contributed by atoms with Crippen LogP contribution >= 0.6 is 0 Å². The first kappa shape index (κ1) is 12.2. The van der Waals surface area contributed by atoms with Gasteiger partial charge in [0, 0.05) is 11.6 Å². The predicted octanol–water partition coefficient (Wildman–Crippen LogP) is 3.87. The van der Waals surface area contributed by atoms with E-state index in [4.69, 9.17) is 9.68 Å². The number of rotatable bonds is 3. The van der Waals surface area contributed by atoms with E-state index in [1.165, 1.54) is 0 Å². The topological polar surface area (TPSA) is 61.9 Å². The fourth-order valence-electron chi connectivity index (χ4n) is 2.10. The van der Waals surface area contributed by atoms with Gasteiger partial charge in [-0.1, -0.05) is 18.2 Å². The zero-order valence-corrected chi connectivity index (χ0v) is 11.0. The average molecular weight is 263 g/mol. The molecule has 3 rings (SSSR count). The number of fused-ring (bicyclic) bond motifs is 1. The van der Waals surface area contributed by atoms with E-state index in [2.05, 4.69) is 16.4 Å². The normalized spacial score (nSPS) is 12.0. The number of hydrogen-bond acceptors (Lipinski definition) is 4. The fraction of sp³-hybridized carbons (Fsp3) is 0.125. The molecule has 0 aliphatic carbocycles. The lowest BCUT2D eigenvalue weighted by molar-refractivity contribution is 0.525. The van der Waals surface area contributed by atoms with E-state index < -0.39 is 0 Å². The summed E-state index contributed by atoms with van der Waals surface area (Å²) in [5.74, 6) is 1.39. The van der Waals surface area contributed by atoms with Gasteiger partial charge in [-0.05, 0) is 31.2 Å². The maximum absolute atomic E-state index is 9.06. The first-order valence-electron chi connectivity index (χ1n) is 6.38. The number of benzene rings is 1. The molecule has 1 N–H and O–H groups in total. The largest absolute Gasteiger partial charge is 0.459 e. The minimum atomic E-state index is -0.0654. The highest BCUT2D eigenvalue weighted by Gasteiger charge is 2.13. The van der Waals surface area contributed by atoms with Gasteiger partial charge < -0.3 is 9.73 Å². The first-order chi connectivity index (χ1) is 9.78. The standard InChI is InChI=1S/C16H13N3O/c1-11(19-16-13(10-17)6-4-8-18-16)15-9-12-5-2-3-7-14(12)20-15/h2-9,11H,1H3,(H,18,19). The van der Waals surface area contributed by atoms with Crippen molar-refractivity contribution in [2.24, 2.45) is 0 Å². The van der Waals surface area contributed by atoms with E-state index >= 15 is 0 Å². The number of aromatic nitrogens is 1. The van der Waals surface area contributed by atoms with Crippen LogP contribution in [0.1, 0.15) is 24.3 Å². The number of furan rings is 1. The van der Waals surface area contributed by atoms with Gasteiger partial charge in [-0.25, -0.2) is 4.98 Å². The van der Waals surface area contributed by atoms with Crippen molar-refractivity contribution in [2.45, 2.75) is 13.0 Å². The second kappa shape index (κ2) is 5.06. The molecule has 2 aromatic heterocycles. The molecule has 98 valence electrons. The van der Waals surface area contributed by atoms with E-state index in [1.54, 1.807) is 18.3 Å². The van der Waals surface area contributed by atoms with Gasteiger partial charge in [0.15, 0.2) is 0 Å². The number of nitrogens with zero attached hydrogens (tertiary/aromatic N) is 2. The van der Waals surface area contributed by atoms with Crippen molar-refractivity contribution in [2.75, 3.05) is 5.32 Å². The number of nitriles is 1. The first-order valence-corrected chi connectivity index (χ1v) is 6.38. The molecule has 4 nitrogen and oxygen atoms in total. The van der Waals surface area contributed by atoms with Crippen LogP contribution in [-0.2, 0) is 0 Å². The number of pyridine rings is 1. The Morgan fingerprint density at radius 3 is 2.90 bits per heavy atom. The zero-order chi connectivity index (χ0) is 13.9. The molecule has 0 fully saturated rings. The highest BCUT2D eigenvalue weighted by Crippen LogP contribution is 2.26. The third-order valence-corrected chi connectivity index (χ3v) is 3.15. The Bertz CT molecular complexity index is 753. The lowest BCUT2D eigenvalue weighted by Crippen LogP contribution is -2.08. The Balaban J connectivity index is 1.89. The molecule has 1 aromatic carbocycles. The number of hydrogen-bond donors (Lipinski definition) is 1. The SMILES string of the molecule is CC(Nc1ncccc1C#N)c1cc2ccccc2o1. The molecule has 3 aromatic rings. The molecule has 1 unspecified atom stereocenters. The number of para-hydroxylation sites is 1. The lowest BCUT2D eigenvalue weighted by Gasteiger charge is -2.12. The molecule has 0 bridgehead atoms. The molecule has 0 spiro atoms. The quantitative estimate of drug-likeness (QED) is 0.779. The zero-order valence-electron chi connectivity index (χ0n) is 11.0. The molecular weight excluding hydrogens is 250 g/mol. The van der Waals surface area contributed by atoms with Crippen LogP contribution < -0.4 is 5.32 Å². The fourth-order valence-corrected chi connectivity index (χ4v) is 2.10. The third-order valence-electron chi connectivity index (χ3n) is 3.15. The van der Waals surface area contributed by atoms with Gasteiger partial charge in [-0.15, -0.1) is 0 Å². The summed E-state index contributed by atoms with van der Waals surface area (Å²) in [7, 11) is 0. The second-order valence-electron chi connectivity index (χ2n) is 4.56. The number of nitrogens with one attached hydrogen (secondary N) is 1. The maximum atomic E-state index is 9.06. The van der Waals surface area contributed by atoms with E-state index in [9.17, 15) is 0 Å². The van der Waals surface area contributed by atoms with Crippen LogP contribution in [0.25, 0.3) is 11.0 Å². The highest BCUT2D eigenvalue weighted by molar-refractivity contribution is 5.77. The highest BCUT2D eigenvalue weighted by atomic mass is 16.3. The van der Waals surface area contributed by atoms with Crippen LogP contribution in [0.4, 0.5) is 5.82 Å². The molecule has 0 saturated carbocycles. The Labute approximate surface area is 116 Å². The smallest absolute Gasteiger partial charge is 0.144 e. The van der Waals surface area contributed by atoms with Crippen LogP contribution in [0.5, 0.6) is 0 Å². The summed E-state index contributed by atoms with van der Waals surface area (Å²) in [6.45, 7) is 1.98. The van der Waals surface area contributed by atoms with Gasteiger partial charge in [0.25, 0.3) is 0 Å². The Morgan fingerprint density at radius 2 is 2.10 bits per heavy atom. The van der Waals surface area contributed by atoms with Crippen molar-refractivity contribution in [1.82, 2.24) is 4.98 Å². The van der Waals surface area contributed by atoms with Crippen molar-refractivity contribution < 1.29 is 4.42 Å². The average Bonchev–Trinajstić information content (AvgIpc) is 2.92. The van der Waals surface area contributed by atoms with Gasteiger partial charge in [-0.3, -0.25) is 0 Å². The van der Waals surface area contributed by atoms with Crippen LogP contribution in [0.3, 0.4) is 0 Å². The summed E-state index contributed by atoms with van der Waals surface area (Å²) in [6, 6.07) is 15.4. The van der Waals surface area contributed by atoms with Gasteiger partial charge in [-0.2, -0.15) is 5.26 Å². The van der Waals surface area contributed by atoms with Crippen molar-refractivity contribution in [3.63, 3.8) is 0 Å². The summed E-state index contributed by atoms with van der Waals surface area (Å²) >= 11 is 0. The van der Waals surface area contributed by atoms with E-state index in [-0.39, 0.29) is 6.04 Å². The molecule has 4 heteroatoms. The molecule has 0 aliphatic heterocycles. The van der Waals surface area contributed by atoms with Crippen LogP contribution in [0.15, 0.2) is 53.1 Å². The summed E-state index contributed by atoms with van der Waals surface area (Å²) in [6.07, 6.45) is 1.66. The molecular formula is C16H13N3O. The van der Waals surface area contributed by atoms with Crippen LogP contribution in [-0.4, -0.2) is 4.98 Å². The predicted molar refractivity (Wildman–Crippen MR) is 77.2 cm³/mol. The summed E-state index contributed by atoms with van der Waals surface area (Å²) in [5.41, 5.74) is 1.38. The van der Waals surface area contributed by atoms with Crippen molar-refractivity contribution in [3.8, 4) is 6.07 Å². The van der Waals surface area contributed by atoms with Gasteiger partial charge in [0.2, 0.25) is 0 Å². The molecule has 0 amide bonds. The minimum Gasteiger partial charge on any atom is -0.459 e. The van der Waals surface area contributed by atoms with Crippen molar-refractivity contribution in [3.05, 3.63) is 60.0 Å². The lowest BCUT2D eigenvalue weighted by atomic mass is 10.2. The maximum Gasteiger partial charge on any atom is 0.144 e. The van der Waals surface area contributed by atoms with E-state index in [0.717, 1.165) is 16.7 Å². The van der Waals surface area contributed by atoms with Gasteiger partial charge in [0.1, 0.15) is 23.2 Å². The molecule has 0 saturated heterocycles. The molecule has 2 heterocycles. The Hall–Kier alpha value is -2.80. The van der Waals surface area contributed by atoms with Gasteiger partial charge in [0.05, 0.1) is 11.6 Å². The van der Waals surface area contributed by atoms with E-state index in [1.807, 2.05) is 37.3 Å². The molecule has 0 aliphatic rings. The van der Waals surface area contributed by atoms with Crippen molar-refractivity contribution >= 4 is 16.8 Å². The van der Waals surface area contributed by atoms with Crippen molar-refractivity contribution in [1.29, 1.82) is 5.26 Å². The summed E-state index contributed by atoms with van der Waals surface area (Å²) in [4.78, 5) is 4.19. The minimum absolute atomic E-state index is 0.0654. The Morgan fingerprint density at radius 1 is 1.25 bits per heavy atom. The molecule has 1 atom stereocenters. The Kier molecular flexibility index (Phi) is 3.10. The monoisotopic (exact) mass is 263 g/mol. The summed E-state index contributed by atoms with van der Waals surface area (Å²) < 4.78 is 5.80. The second-order valence-corrected chi connectivity index (χ2v) is 4.56. The third kappa shape index (κ3) is 2.21. The van der Waals surface area contributed by atoms with E-state index in [0.29, 0.717) is 11.4 Å². The van der Waals surface area contributed by atoms with Crippen LogP contribution in [0.2, 0.25) is 0 Å². The summed E-state index contributed by atoms with van der Waals surface area (Å²) in [5, 5.41) is 13.3. The number of anilines is 1. The van der Waals surface area contributed by atoms with Gasteiger partial charge >= 0.3 is 0 Å². The molecule has 0 radical (unpaired) electrons. The van der Waals surface area contributed by atoms with Crippen LogP contribution in [0, 0.1) is 11.3 Å².